The standard InChI is InChI=1S/C16H31N3/c1-19-9-2-7-16(12-17,8-10-19)18-11-15(13-3-4-13)14-5-6-14/h13-15,18H,2-12,17H2,1H3. The Balaban J connectivity index is 1.55. The average molecular weight is 265 g/mol. The fourth-order valence-electron chi connectivity index (χ4n) is 3.88. The van der Waals surface area contributed by atoms with Crippen LogP contribution in [0.4, 0.5) is 0 Å². The van der Waals surface area contributed by atoms with Crippen molar-refractivity contribution in [1.82, 2.24) is 10.2 Å². The maximum Gasteiger partial charge on any atom is 0.0316 e. The molecule has 0 aromatic rings. The van der Waals surface area contributed by atoms with Gasteiger partial charge in [-0.2, -0.15) is 0 Å². The highest BCUT2D eigenvalue weighted by Gasteiger charge is 2.42. The molecule has 1 atom stereocenters. The molecule has 0 amide bonds. The monoisotopic (exact) mass is 265 g/mol. The lowest BCUT2D eigenvalue weighted by Crippen LogP contribution is -2.53. The number of nitrogens with zero attached hydrogens (tertiary/aromatic N) is 1. The molecule has 1 aliphatic heterocycles. The van der Waals surface area contributed by atoms with E-state index >= 15 is 0 Å². The highest BCUT2D eigenvalue weighted by Crippen LogP contribution is 2.49. The first-order chi connectivity index (χ1) is 9.22. The van der Waals surface area contributed by atoms with Crippen molar-refractivity contribution in [2.45, 2.75) is 50.5 Å². The van der Waals surface area contributed by atoms with Crippen molar-refractivity contribution < 1.29 is 0 Å². The van der Waals surface area contributed by atoms with Crippen LogP contribution in [0.5, 0.6) is 0 Å². The van der Waals surface area contributed by atoms with Crippen LogP contribution in [-0.4, -0.2) is 43.7 Å². The molecule has 0 spiro atoms. The first-order valence-electron chi connectivity index (χ1n) is 8.36. The lowest BCUT2D eigenvalue weighted by molar-refractivity contribution is 0.249. The Hall–Kier alpha value is -0.120. The summed E-state index contributed by atoms with van der Waals surface area (Å²) in [6.07, 6.45) is 9.72. The maximum absolute atomic E-state index is 6.14. The van der Waals surface area contributed by atoms with E-state index in [2.05, 4.69) is 17.3 Å². The van der Waals surface area contributed by atoms with Gasteiger partial charge in [0.25, 0.3) is 0 Å². The van der Waals surface area contributed by atoms with E-state index in [1.165, 1.54) is 64.6 Å². The van der Waals surface area contributed by atoms with Gasteiger partial charge in [0.1, 0.15) is 0 Å². The molecule has 2 aliphatic carbocycles. The Bertz CT molecular complexity index is 286. The first kappa shape index (κ1) is 13.8. The summed E-state index contributed by atoms with van der Waals surface area (Å²) in [5, 5.41) is 3.94. The average Bonchev–Trinajstić information content (AvgIpc) is 3.28. The highest BCUT2D eigenvalue weighted by molar-refractivity contribution is 4.97. The minimum atomic E-state index is 0.229. The van der Waals surface area contributed by atoms with Crippen molar-refractivity contribution in [3.8, 4) is 0 Å². The molecule has 2 saturated carbocycles. The molecule has 3 nitrogen and oxygen atoms in total. The van der Waals surface area contributed by atoms with Gasteiger partial charge in [0.05, 0.1) is 0 Å². The van der Waals surface area contributed by atoms with E-state index in [4.69, 9.17) is 5.73 Å². The van der Waals surface area contributed by atoms with Crippen LogP contribution in [0, 0.1) is 17.8 Å². The lowest BCUT2D eigenvalue weighted by Gasteiger charge is -2.35. The molecular formula is C16H31N3. The third-order valence-corrected chi connectivity index (χ3v) is 5.73. The van der Waals surface area contributed by atoms with Crippen LogP contribution in [0.15, 0.2) is 0 Å². The molecule has 1 heterocycles. The van der Waals surface area contributed by atoms with E-state index in [0.717, 1.165) is 24.3 Å². The predicted octanol–water partition coefficient (Wildman–Crippen LogP) is 1.83. The Morgan fingerprint density at radius 2 is 1.84 bits per heavy atom. The lowest BCUT2D eigenvalue weighted by atomic mass is 9.88. The van der Waals surface area contributed by atoms with Crippen LogP contribution in [0.2, 0.25) is 0 Å². The van der Waals surface area contributed by atoms with Crippen LogP contribution >= 0.6 is 0 Å². The molecule has 1 saturated heterocycles. The summed E-state index contributed by atoms with van der Waals surface area (Å²) in [7, 11) is 2.24. The van der Waals surface area contributed by atoms with Crippen molar-refractivity contribution in [3.63, 3.8) is 0 Å². The molecule has 0 aromatic heterocycles. The van der Waals surface area contributed by atoms with Gasteiger partial charge < -0.3 is 16.0 Å². The Labute approximate surface area is 118 Å². The Morgan fingerprint density at radius 3 is 2.42 bits per heavy atom. The number of hydrogen-bond donors (Lipinski definition) is 2. The molecule has 0 aromatic carbocycles. The SMILES string of the molecule is CN1CCCC(CN)(NCC(C2CC2)C2CC2)CC1. The number of likely N-dealkylation sites (tertiary alicyclic amines) is 1. The van der Waals surface area contributed by atoms with Crippen molar-refractivity contribution in [2.75, 3.05) is 33.2 Å². The third-order valence-electron chi connectivity index (χ3n) is 5.73. The van der Waals surface area contributed by atoms with E-state index in [1.807, 2.05) is 0 Å². The maximum atomic E-state index is 6.14. The van der Waals surface area contributed by atoms with Gasteiger partial charge in [-0.1, -0.05) is 0 Å². The fourth-order valence-corrected chi connectivity index (χ4v) is 3.88. The quantitative estimate of drug-likeness (QED) is 0.770. The Kier molecular flexibility index (Phi) is 4.16. The summed E-state index contributed by atoms with van der Waals surface area (Å²) in [5.74, 6) is 3.05. The summed E-state index contributed by atoms with van der Waals surface area (Å²) in [6.45, 7) is 4.47. The molecular weight excluding hydrogens is 234 g/mol. The highest BCUT2D eigenvalue weighted by atomic mass is 15.1. The largest absolute Gasteiger partial charge is 0.329 e. The van der Waals surface area contributed by atoms with E-state index in [0.29, 0.717) is 0 Å². The second-order valence-electron chi connectivity index (χ2n) is 7.36. The summed E-state index contributed by atoms with van der Waals surface area (Å²) >= 11 is 0. The van der Waals surface area contributed by atoms with E-state index in [9.17, 15) is 0 Å². The number of nitrogens with one attached hydrogen (secondary N) is 1. The number of rotatable bonds is 6. The predicted molar refractivity (Wildman–Crippen MR) is 80.1 cm³/mol. The summed E-state index contributed by atoms with van der Waals surface area (Å²) in [5.41, 5.74) is 6.37. The summed E-state index contributed by atoms with van der Waals surface area (Å²) in [6, 6.07) is 0. The zero-order valence-corrected chi connectivity index (χ0v) is 12.5. The smallest absolute Gasteiger partial charge is 0.0316 e. The van der Waals surface area contributed by atoms with E-state index in [1.54, 1.807) is 0 Å². The topological polar surface area (TPSA) is 41.3 Å². The Morgan fingerprint density at radius 1 is 1.16 bits per heavy atom. The molecule has 0 bridgehead atoms. The van der Waals surface area contributed by atoms with Gasteiger partial charge in [0.15, 0.2) is 0 Å². The first-order valence-corrected chi connectivity index (χ1v) is 8.36. The normalized spacial score (nSPS) is 33.6. The molecule has 3 N–H and O–H groups in total. The zero-order valence-electron chi connectivity index (χ0n) is 12.5. The van der Waals surface area contributed by atoms with E-state index in [-0.39, 0.29) is 5.54 Å². The molecule has 3 fully saturated rings. The summed E-state index contributed by atoms with van der Waals surface area (Å²) < 4.78 is 0. The van der Waals surface area contributed by atoms with Crippen LogP contribution < -0.4 is 11.1 Å². The van der Waals surface area contributed by atoms with Crippen LogP contribution in [0.3, 0.4) is 0 Å². The fraction of sp³-hybridized carbons (Fsp3) is 1.00. The minimum Gasteiger partial charge on any atom is -0.329 e. The van der Waals surface area contributed by atoms with Gasteiger partial charge in [-0.25, -0.2) is 0 Å². The van der Waals surface area contributed by atoms with Gasteiger partial charge in [-0.05, 0) is 89.4 Å². The molecule has 3 heteroatoms. The van der Waals surface area contributed by atoms with Gasteiger partial charge in [-0.15, -0.1) is 0 Å². The van der Waals surface area contributed by atoms with Gasteiger partial charge >= 0.3 is 0 Å². The minimum absolute atomic E-state index is 0.229. The number of hydrogen-bond acceptors (Lipinski definition) is 3. The summed E-state index contributed by atoms with van der Waals surface area (Å²) in [4.78, 5) is 2.46. The molecule has 3 rings (SSSR count). The van der Waals surface area contributed by atoms with Gasteiger partial charge in [-0.3, -0.25) is 0 Å². The van der Waals surface area contributed by atoms with Crippen LogP contribution in [0.1, 0.15) is 44.9 Å². The number of nitrogens with two attached hydrogens (primary N) is 1. The van der Waals surface area contributed by atoms with Crippen LogP contribution in [0.25, 0.3) is 0 Å². The van der Waals surface area contributed by atoms with Crippen molar-refractivity contribution in [2.24, 2.45) is 23.5 Å². The van der Waals surface area contributed by atoms with Crippen molar-refractivity contribution in [1.29, 1.82) is 0 Å². The third kappa shape index (κ3) is 3.50. The zero-order chi connectivity index (χ0) is 13.3. The van der Waals surface area contributed by atoms with Gasteiger partial charge in [0.2, 0.25) is 0 Å². The van der Waals surface area contributed by atoms with Crippen molar-refractivity contribution >= 4 is 0 Å². The van der Waals surface area contributed by atoms with E-state index < -0.39 is 0 Å². The van der Waals surface area contributed by atoms with Crippen LogP contribution in [-0.2, 0) is 0 Å². The molecule has 19 heavy (non-hydrogen) atoms. The molecule has 0 radical (unpaired) electrons. The van der Waals surface area contributed by atoms with Crippen molar-refractivity contribution in [3.05, 3.63) is 0 Å². The molecule has 1 unspecified atom stereocenters. The molecule has 3 aliphatic rings. The molecule has 110 valence electrons. The second-order valence-corrected chi connectivity index (χ2v) is 7.36. The van der Waals surface area contributed by atoms with Gasteiger partial charge in [0, 0.05) is 12.1 Å². The second kappa shape index (κ2) is 5.71.